The van der Waals surface area contributed by atoms with Crippen LogP contribution in [0.15, 0.2) is 23.2 Å². The average Bonchev–Trinajstić information content (AvgIpc) is 2.92. The quantitative estimate of drug-likeness (QED) is 0.346. The van der Waals surface area contributed by atoms with E-state index in [0.717, 1.165) is 41.0 Å². The molecule has 0 saturated carbocycles. The number of nitrogens with one attached hydrogen (secondary N) is 2. The number of halogens is 1. The van der Waals surface area contributed by atoms with Crippen LogP contribution in [0.25, 0.3) is 0 Å². The number of rotatable bonds is 7. The van der Waals surface area contributed by atoms with Crippen LogP contribution in [0.3, 0.4) is 0 Å². The molecule has 2 N–H and O–H groups in total. The molecule has 144 valence electrons. The summed E-state index contributed by atoms with van der Waals surface area (Å²) in [6.07, 6.45) is 0.997. The van der Waals surface area contributed by atoms with Gasteiger partial charge in [-0.25, -0.2) is 4.98 Å². The van der Waals surface area contributed by atoms with Crippen LogP contribution >= 0.6 is 35.3 Å². The van der Waals surface area contributed by atoms with E-state index in [9.17, 15) is 0 Å². The molecule has 0 atom stereocenters. The van der Waals surface area contributed by atoms with Gasteiger partial charge in [0.15, 0.2) is 5.96 Å². The summed E-state index contributed by atoms with van der Waals surface area (Å²) in [6.45, 7) is 10.4. The van der Waals surface area contributed by atoms with Crippen molar-refractivity contribution in [1.82, 2.24) is 15.6 Å². The maximum absolute atomic E-state index is 5.87. The van der Waals surface area contributed by atoms with Gasteiger partial charge < -0.3 is 15.4 Å². The van der Waals surface area contributed by atoms with Crippen molar-refractivity contribution in [2.45, 2.75) is 47.2 Å². The van der Waals surface area contributed by atoms with Gasteiger partial charge in [-0.15, -0.1) is 35.3 Å². The first-order chi connectivity index (χ1) is 12.0. The molecular weight excluding hydrogens is 459 g/mol. The minimum atomic E-state index is 0. The first-order valence-corrected chi connectivity index (χ1v) is 9.44. The molecule has 1 heterocycles. The zero-order chi connectivity index (χ0) is 18.2. The third-order valence-corrected chi connectivity index (χ3v) is 4.91. The maximum atomic E-state index is 5.87. The standard InChI is InChI=1S/C19H28N4OS.HI/c1-6-9-24-17-10-13(2)7-8-16(17)11-21-19(20-5)22-12-18-23-14(3)15(4)25-18;/h7-8,10H,6,9,11-12H2,1-5H3,(H2,20,21,22);1H. The first-order valence-electron chi connectivity index (χ1n) is 8.63. The lowest BCUT2D eigenvalue weighted by molar-refractivity contribution is 0.313. The number of aliphatic imine (C=N–C) groups is 1. The molecule has 0 spiro atoms. The molecule has 0 aliphatic carbocycles. The van der Waals surface area contributed by atoms with E-state index in [1.807, 2.05) is 6.92 Å². The number of ether oxygens (including phenoxy) is 1. The van der Waals surface area contributed by atoms with Gasteiger partial charge in [0.1, 0.15) is 10.8 Å². The van der Waals surface area contributed by atoms with Gasteiger partial charge in [0.25, 0.3) is 0 Å². The molecule has 0 saturated heterocycles. The van der Waals surface area contributed by atoms with E-state index < -0.39 is 0 Å². The minimum Gasteiger partial charge on any atom is -0.493 e. The van der Waals surface area contributed by atoms with Crippen molar-refractivity contribution in [2.24, 2.45) is 4.99 Å². The number of nitrogens with zero attached hydrogens (tertiary/aromatic N) is 2. The van der Waals surface area contributed by atoms with Crippen LogP contribution in [-0.2, 0) is 13.1 Å². The summed E-state index contributed by atoms with van der Waals surface area (Å²) in [7, 11) is 1.78. The Hall–Kier alpha value is -1.35. The van der Waals surface area contributed by atoms with Crippen LogP contribution in [0.4, 0.5) is 0 Å². The van der Waals surface area contributed by atoms with Gasteiger partial charge in [0, 0.05) is 24.0 Å². The molecule has 26 heavy (non-hydrogen) atoms. The highest BCUT2D eigenvalue weighted by Gasteiger charge is 2.07. The van der Waals surface area contributed by atoms with Gasteiger partial charge in [-0.05, 0) is 38.8 Å². The highest BCUT2D eigenvalue weighted by molar-refractivity contribution is 14.0. The molecule has 0 aliphatic rings. The van der Waals surface area contributed by atoms with Gasteiger partial charge in [-0.2, -0.15) is 0 Å². The van der Waals surface area contributed by atoms with Crippen LogP contribution in [-0.4, -0.2) is 24.6 Å². The monoisotopic (exact) mass is 488 g/mol. The van der Waals surface area contributed by atoms with Gasteiger partial charge >= 0.3 is 0 Å². The number of aryl methyl sites for hydroxylation is 3. The molecule has 0 fully saturated rings. The molecule has 0 radical (unpaired) electrons. The van der Waals surface area contributed by atoms with Gasteiger partial charge in [0.05, 0.1) is 18.8 Å². The fraction of sp³-hybridized carbons (Fsp3) is 0.474. The molecule has 0 bridgehead atoms. The Bertz CT molecular complexity index is 711. The fourth-order valence-electron chi connectivity index (χ4n) is 2.33. The molecule has 5 nitrogen and oxygen atoms in total. The number of benzene rings is 1. The summed E-state index contributed by atoms with van der Waals surface area (Å²) in [5, 5.41) is 7.74. The topological polar surface area (TPSA) is 58.5 Å². The van der Waals surface area contributed by atoms with Crippen molar-refractivity contribution >= 4 is 41.3 Å². The third-order valence-electron chi connectivity index (χ3n) is 3.83. The van der Waals surface area contributed by atoms with E-state index in [4.69, 9.17) is 4.74 Å². The van der Waals surface area contributed by atoms with Crippen LogP contribution in [0, 0.1) is 20.8 Å². The molecule has 1 aromatic heterocycles. The predicted octanol–water partition coefficient (Wildman–Crippen LogP) is 4.34. The molecule has 2 rings (SSSR count). The molecule has 1 aromatic carbocycles. The zero-order valence-electron chi connectivity index (χ0n) is 16.2. The summed E-state index contributed by atoms with van der Waals surface area (Å²) in [5.41, 5.74) is 3.43. The largest absolute Gasteiger partial charge is 0.493 e. The summed E-state index contributed by atoms with van der Waals surface area (Å²) in [5.74, 6) is 1.70. The van der Waals surface area contributed by atoms with Crippen LogP contribution in [0.1, 0.15) is 40.1 Å². The van der Waals surface area contributed by atoms with Crippen LogP contribution in [0.5, 0.6) is 5.75 Å². The highest BCUT2D eigenvalue weighted by Crippen LogP contribution is 2.20. The Morgan fingerprint density at radius 1 is 1.19 bits per heavy atom. The lowest BCUT2D eigenvalue weighted by Gasteiger charge is -2.15. The number of thiazole rings is 1. The lowest BCUT2D eigenvalue weighted by Crippen LogP contribution is -2.36. The predicted molar refractivity (Wildman–Crippen MR) is 121 cm³/mol. The number of hydrogen-bond acceptors (Lipinski definition) is 4. The van der Waals surface area contributed by atoms with E-state index in [1.54, 1.807) is 18.4 Å². The maximum Gasteiger partial charge on any atom is 0.191 e. The average molecular weight is 488 g/mol. The van der Waals surface area contributed by atoms with E-state index in [2.05, 4.69) is 59.6 Å². The normalized spacial score (nSPS) is 11.0. The SMILES string of the molecule is CCCOc1cc(C)ccc1CNC(=NC)NCc1nc(C)c(C)s1.I. The Morgan fingerprint density at radius 2 is 1.92 bits per heavy atom. The Labute approximate surface area is 177 Å². The zero-order valence-corrected chi connectivity index (χ0v) is 19.3. The summed E-state index contributed by atoms with van der Waals surface area (Å²) < 4.78 is 5.87. The second kappa shape index (κ2) is 11.4. The van der Waals surface area contributed by atoms with Crippen molar-refractivity contribution in [2.75, 3.05) is 13.7 Å². The molecule has 0 aliphatic heterocycles. The first kappa shape index (κ1) is 22.7. The fourth-order valence-corrected chi connectivity index (χ4v) is 3.20. The van der Waals surface area contributed by atoms with E-state index in [1.165, 1.54) is 10.4 Å². The Kier molecular flexibility index (Phi) is 9.93. The van der Waals surface area contributed by atoms with Gasteiger partial charge in [-0.3, -0.25) is 4.99 Å². The number of guanidine groups is 1. The van der Waals surface area contributed by atoms with Gasteiger partial charge in [-0.1, -0.05) is 19.1 Å². The number of hydrogen-bond donors (Lipinski definition) is 2. The molecule has 0 amide bonds. The van der Waals surface area contributed by atoms with Crippen LogP contribution in [0.2, 0.25) is 0 Å². The van der Waals surface area contributed by atoms with Crippen LogP contribution < -0.4 is 15.4 Å². The highest BCUT2D eigenvalue weighted by atomic mass is 127. The van der Waals surface area contributed by atoms with Crippen molar-refractivity contribution in [1.29, 1.82) is 0 Å². The summed E-state index contributed by atoms with van der Waals surface area (Å²) >= 11 is 1.72. The lowest BCUT2D eigenvalue weighted by atomic mass is 10.1. The minimum absolute atomic E-state index is 0. The van der Waals surface area contributed by atoms with Gasteiger partial charge in [0.2, 0.25) is 0 Å². The van der Waals surface area contributed by atoms with E-state index >= 15 is 0 Å². The summed E-state index contributed by atoms with van der Waals surface area (Å²) in [4.78, 5) is 10.1. The molecule has 7 heteroatoms. The second-order valence-corrected chi connectivity index (χ2v) is 7.28. The number of aromatic nitrogens is 1. The van der Waals surface area contributed by atoms with E-state index in [0.29, 0.717) is 13.1 Å². The molecule has 0 unspecified atom stereocenters. The molecular formula is C19H29IN4OS. The smallest absolute Gasteiger partial charge is 0.191 e. The van der Waals surface area contributed by atoms with Crippen molar-refractivity contribution in [3.63, 3.8) is 0 Å². The summed E-state index contributed by atoms with van der Waals surface area (Å²) in [6, 6.07) is 6.30. The Morgan fingerprint density at radius 3 is 2.54 bits per heavy atom. The van der Waals surface area contributed by atoms with Crippen molar-refractivity contribution < 1.29 is 4.74 Å². The molecule has 2 aromatic rings. The second-order valence-electron chi connectivity index (χ2n) is 5.99. The third kappa shape index (κ3) is 6.75. The van der Waals surface area contributed by atoms with Crippen molar-refractivity contribution in [3.8, 4) is 5.75 Å². The Balaban J connectivity index is 0.00000338. The van der Waals surface area contributed by atoms with Crippen molar-refractivity contribution in [3.05, 3.63) is 44.9 Å². The van der Waals surface area contributed by atoms with E-state index in [-0.39, 0.29) is 24.0 Å².